The zero-order valence-electron chi connectivity index (χ0n) is 13.1. The molecule has 1 nitrogen and oxygen atoms in total. The van der Waals surface area contributed by atoms with Crippen LogP contribution in [0.4, 0.5) is 57.1 Å². The van der Waals surface area contributed by atoms with Gasteiger partial charge >= 0.3 is 35.8 Å². The Bertz CT molecular complexity index is 731. The Morgan fingerprint density at radius 1 is 0.607 bits per heavy atom. The molecule has 0 saturated carbocycles. The highest BCUT2D eigenvalue weighted by atomic mass is 19.4. The van der Waals surface area contributed by atoms with Crippen LogP contribution in [0.15, 0.2) is 24.3 Å². The fourth-order valence-corrected chi connectivity index (χ4v) is 1.87. The molecular formula is C14H7F13O. The lowest BCUT2D eigenvalue weighted by Crippen LogP contribution is -2.69. The van der Waals surface area contributed by atoms with Crippen LogP contribution < -0.4 is 0 Å². The summed E-state index contributed by atoms with van der Waals surface area (Å²) in [6.07, 6.45) is -7.45. The highest BCUT2D eigenvalue weighted by molar-refractivity contribution is 5.94. The molecular weight excluding hydrogens is 431 g/mol. The van der Waals surface area contributed by atoms with E-state index in [0.29, 0.717) is 12.1 Å². The van der Waals surface area contributed by atoms with Crippen LogP contribution in [-0.2, 0) is 5.92 Å². The first-order valence-electron chi connectivity index (χ1n) is 6.73. The van der Waals surface area contributed by atoms with Crippen molar-refractivity contribution in [2.45, 2.75) is 42.7 Å². The number of carbonyl (C=O) groups excluding carboxylic acids is 1. The van der Waals surface area contributed by atoms with Crippen molar-refractivity contribution >= 4 is 5.78 Å². The molecule has 0 unspecified atom stereocenters. The van der Waals surface area contributed by atoms with Gasteiger partial charge in [0.1, 0.15) is 0 Å². The predicted molar refractivity (Wildman–Crippen MR) is 66.2 cm³/mol. The lowest BCUT2D eigenvalue weighted by molar-refractivity contribution is -0.441. The number of Topliss-reactive ketones (excluding diaryl/α,β-unsaturated/α-hetero) is 1. The summed E-state index contributed by atoms with van der Waals surface area (Å²) in [5.41, 5.74) is -2.53. The summed E-state index contributed by atoms with van der Waals surface area (Å²) in [5, 5.41) is 0. The average molecular weight is 438 g/mol. The summed E-state index contributed by atoms with van der Waals surface area (Å²) in [6.45, 7) is 0.885. The smallest absolute Gasteiger partial charge is 0.295 e. The monoisotopic (exact) mass is 438 g/mol. The molecule has 0 heterocycles. The maximum Gasteiger partial charge on any atom is 0.460 e. The van der Waals surface area contributed by atoms with Crippen molar-refractivity contribution in [2.75, 3.05) is 0 Å². The SMILES string of the molecule is CC(=O)c1ccc(C(F)(F)C(F)(F)C(F)(F)C(F)(F)C(F)(F)C(F)(F)F)cc1. The Hall–Kier alpha value is -2.02. The predicted octanol–water partition coefficient (Wildman–Crippen LogP) is 6.08. The van der Waals surface area contributed by atoms with Gasteiger partial charge in [-0.25, -0.2) is 0 Å². The van der Waals surface area contributed by atoms with Gasteiger partial charge in [-0.15, -0.1) is 0 Å². The summed E-state index contributed by atoms with van der Waals surface area (Å²) in [5.74, 6) is -38.1. The minimum atomic E-state index is -7.94. The molecule has 0 bridgehead atoms. The average Bonchev–Trinajstić information content (AvgIpc) is 2.53. The van der Waals surface area contributed by atoms with Crippen molar-refractivity contribution < 1.29 is 61.9 Å². The standard InChI is InChI=1S/C14H7F13O/c1-6(28)7-2-4-8(5-3-7)9(15,16)10(17,18)11(19,20)12(21,22)13(23,24)14(25,26)27/h2-5H,1H3. The van der Waals surface area contributed by atoms with E-state index in [9.17, 15) is 61.9 Å². The highest BCUT2D eigenvalue weighted by Gasteiger charge is 2.90. The van der Waals surface area contributed by atoms with Gasteiger partial charge < -0.3 is 0 Å². The molecule has 28 heavy (non-hydrogen) atoms. The molecule has 0 aliphatic carbocycles. The van der Waals surface area contributed by atoms with Gasteiger partial charge in [-0.05, 0) is 6.92 Å². The second-order valence-corrected chi connectivity index (χ2v) is 5.50. The molecule has 0 aliphatic rings. The number of carbonyl (C=O) groups is 1. The molecule has 0 spiro atoms. The van der Waals surface area contributed by atoms with E-state index in [2.05, 4.69) is 0 Å². The minimum Gasteiger partial charge on any atom is -0.295 e. The van der Waals surface area contributed by atoms with Crippen LogP contribution in [0.2, 0.25) is 0 Å². The number of halogens is 13. The number of benzene rings is 1. The molecule has 160 valence electrons. The minimum absolute atomic E-state index is 0.0687. The van der Waals surface area contributed by atoms with Crippen LogP contribution in [0.25, 0.3) is 0 Å². The van der Waals surface area contributed by atoms with Gasteiger partial charge in [0.05, 0.1) is 0 Å². The molecule has 0 amide bonds. The first-order valence-corrected chi connectivity index (χ1v) is 6.73. The molecule has 14 heteroatoms. The van der Waals surface area contributed by atoms with E-state index in [-0.39, 0.29) is 12.1 Å². The molecule has 0 atom stereocenters. The molecule has 1 aromatic carbocycles. The third-order valence-electron chi connectivity index (χ3n) is 3.59. The summed E-state index contributed by atoms with van der Waals surface area (Å²) in [4.78, 5) is 11.0. The first kappa shape index (κ1) is 24.0. The second-order valence-electron chi connectivity index (χ2n) is 5.50. The normalized spacial score (nSPS) is 14.9. The molecule has 0 fully saturated rings. The fourth-order valence-electron chi connectivity index (χ4n) is 1.87. The van der Waals surface area contributed by atoms with E-state index in [0.717, 1.165) is 6.92 Å². The van der Waals surface area contributed by atoms with Gasteiger partial charge in [-0.3, -0.25) is 4.79 Å². The van der Waals surface area contributed by atoms with Gasteiger partial charge in [0.15, 0.2) is 5.78 Å². The van der Waals surface area contributed by atoms with E-state index in [1.54, 1.807) is 0 Å². The molecule has 0 saturated heterocycles. The fraction of sp³-hybridized carbons (Fsp3) is 0.500. The third kappa shape index (κ3) is 3.19. The zero-order valence-corrected chi connectivity index (χ0v) is 13.1. The maximum absolute atomic E-state index is 13.8. The van der Waals surface area contributed by atoms with Crippen molar-refractivity contribution in [3.63, 3.8) is 0 Å². The second kappa shape index (κ2) is 6.51. The van der Waals surface area contributed by atoms with Crippen molar-refractivity contribution in [1.82, 2.24) is 0 Å². The lowest BCUT2D eigenvalue weighted by atomic mass is 9.90. The Labute approximate surface area is 147 Å². The summed E-state index contributed by atoms with van der Waals surface area (Å²) >= 11 is 0. The number of alkyl halides is 13. The van der Waals surface area contributed by atoms with Crippen LogP contribution in [0.1, 0.15) is 22.8 Å². The van der Waals surface area contributed by atoms with Gasteiger partial charge in [-0.2, -0.15) is 57.1 Å². The van der Waals surface area contributed by atoms with Crippen molar-refractivity contribution in [3.8, 4) is 0 Å². The van der Waals surface area contributed by atoms with Crippen LogP contribution in [0.3, 0.4) is 0 Å². The molecule has 0 aliphatic heterocycles. The summed E-state index contributed by atoms with van der Waals surface area (Å²) < 4.78 is 169. The van der Waals surface area contributed by atoms with Gasteiger partial charge in [0.25, 0.3) is 0 Å². The maximum atomic E-state index is 13.8. The zero-order chi connectivity index (χ0) is 22.6. The van der Waals surface area contributed by atoms with Crippen LogP contribution in [0.5, 0.6) is 0 Å². The van der Waals surface area contributed by atoms with Crippen molar-refractivity contribution in [3.05, 3.63) is 35.4 Å². The Morgan fingerprint density at radius 3 is 1.29 bits per heavy atom. The number of rotatable bonds is 6. The van der Waals surface area contributed by atoms with Crippen LogP contribution in [-0.4, -0.2) is 35.6 Å². The summed E-state index contributed by atoms with van der Waals surface area (Å²) in [7, 11) is 0. The number of hydrogen-bond donors (Lipinski definition) is 0. The lowest BCUT2D eigenvalue weighted by Gasteiger charge is -2.39. The Balaban J connectivity index is 3.54. The Kier molecular flexibility index (Phi) is 5.58. The Morgan fingerprint density at radius 2 is 0.964 bits per heavy atom. The van der Waals surface area contributed by atoms with E-state index >= 15 is 0 Å². The molecule has 1 rings (SSSR count). The highest BCUT2D eigenvalue weighted by Crippen LogP contribution is 2.61. The first-order chi connectivity index (χ1) is 12.2. The van der Waals surface area contributed by atoms with E-state index in [1.807, 2.05) is 0 Å². The van der Waals surface area contributed by atoms with Crippen molar-refractivity contribution in [1.29, 1.82) is 0 Å². The van der Waals surface area contributed by atoms with Crippen molar-refractivity contribution in [2.24, 2.45) is 0 Å². The van der Waals surface area contributed by atoms with E-state index in [1.165, 1.54) is 0 Å². The van der Waals surface area contributed by atoms with Crippen LogP contribution >= 0.6 is 0 Å². The molecule has 0 radical (unpaired) electrons. The topological polar surface area (TPSA) is 17.1 Å². The number of ketones is 1. The summed E-state index contributed by atoms with van der Waals surface area (Å²) in [6, 6.07) is 0.673. The van der Waals surface area contributed by atoms with Gasteiger partial charge in [0.2, 0.25) is 0 Å². The van der Waals surface area contributed by atoms with Crippen LogP contribution in [0, 0.1) is 0 Å². The largest absolute Gasteiger partial charge is 0.460 e. The number of hydrogen-bond acceptors (Lipinski definition) is 1. The molecule has 0 N–H and O–H groups in total. The van der Waals surface area contributed by atoms with Gasteiger partial charge in [-0.1, -0.05) is 24.3 Å². The van der Waals surface area contributed by atoms with E-state index < -0.39 is 52.7 Å². The van der Waals surface area contributed by atoms with Gasteiger partial charge in [0, 0.05) is 11.1 Å². The molecule has 0 aromatic heterocycles. The quantitative estimate of drug-likeness (QED) is 0.389. The molecule has 1 aromatic rings. The van der Waals surface area contributed by atoms with E-state index in [4.69, 9.17) is 0 Å². The third-order valence-corrected chi connectivity index (χ3v) is 3.59.